The third kappa shape index (κ3) is 1.57. The van der Waals surface area contributed by atoms with E-state index < -0.39 is 10.1 Å². The zero-order chi connectivity index (χ0) is 10.2. The van der Waals surface area contributed by atoms with Crippen LogP contribution in [-0.4, -0.2) is 13.0 Å². The number of fused-ring (bicyclic) bond motifs is 1. The second kappa shape index (κ2) is 3.00. The number of rotatable bonds is 1. The highest BCUT2D eigenvalue weighted by molar-refractivity contribution is 7.85. The van der Waals surface area contributed by atoms with Crippen LogP contribution in [0.1, 0.15) is 0 Å². The number of anilines is 1. The number of benzene rings is 1. The van der Waals surface area contributed by atoms with Gasteiger partial charge >= 0.3 is 0 Å². The van der Waals surface area contributed by atoms with E-state index in [4.69, 9.17) is 9.29 Å². The van der Waals surface area contributed by atoms with Gasteiger partial charge in [0.05, 0.1) is 10.6 Å². The minimum absolute atomic E-state index is 0.164. The van der Waals surface area contributed by atoms with Crippen LogP contribution in [0.2, 0.25) is 0 Å². The Morgan fingerprint density at radius 1 is 1.36 bits per heavy atom. The van der Waals surface area contributed by atoms with Crippen molar-refractivity contribution in [2.45, 2.75) is 4.90 Å². The number of ether oxygens (including phenoxy) is 1. The van der Waals surface area contributed by atoms with Crippen LogP contribution in [0.25, 0.3) is 0 Å². The van der Waals surface area contributed by atoms with Crippen LogP contribution in [0.5, 0.6) is 5.75 Å². The summed E-state index contributed by atoms with van der Waals surface area (Å²) in [5, 5.41) is 2.79. The van der Waals surface area contributed by atoms with Crippen LogP contribution in [0.4, 0.5) is 5.69 Å². The van der Waals surface area contributed by atoms with Gasteiger partial charge in [0, 0.05) is 6.20 Å². The van der Waals surface area contributed by atoms with Crippen LogP contribution in [0, 0.1) is 0 Å². The normalized spacial score (nSPS) is 14.1. The van der Waals surface area contributed by atoms with Crippen molar-refractivity contribution in [1.29, 1.82) is 0 Å². The van der Waals surface area contributed by atoms with Gasteiger partial charge in [-0.3, -0.25) is 4.55 Å². The molecule has 0 atom stereocenters. The molecule has 5 nitrogen and oxygen atoms in total. The van der Waals surface area contributed by atoms with Crippen molar-refractivity contribution in [3.63, 3.8) is 0 Å². The van der Waals surface area contributed by atoms with Crippen molar-refractivity contribution in [3.8, 4) is 5.75 Å². The highest BCUT2D eigenvalue weighted by Gasteiger charge is 2.13. The summed E-state index contributed by atoms with van der Waals surface area (Å²) in [6.07, 6.45) is 2.96. The Morgan fingerprint density at radius 2 is 2.14 bits per heavy atom. The molecular formula is C8H7NO4S. The van der Waals surface area contributed by atoms with E-state index >= 15 is 0 Å². The molecule has 1 aromatic rings. The maximum atomic E-state index is 10.8. The highest BCUT2D eigenvalue weighted by Crippen LogP contribution is 2.29. The van der Waals surface area contributed by atoms with Gasteiger partial charge in [-0.1, -0.05) is 0 Å². The Morgan fingerprint density at radius 3 is 2.86 bits per heavy atom. The minimum Gasteiger partial charge on any atom is -0.461 e. The highest BCUT2D eigenvalue weighted by atomic mass is 32.2. The molecule has 0 bridgehead atoms. The average molecular weight is 213 g/mol. The van der Waals surface area contributed by atoms with E-state index in [1.54, 1.807) is 0 Å². The van der Waals surface area contributed by atoms with E-state index in [9.17, 15) is 8.42 Å². The van der Waals surface area contributed by atoms with Crippen LogP contribution >= 0.6 is 0 Å². The molecule has 0 saturated heterocycles. The molecule has 0 unspecified atom stereocenters. The number of hydrogen-bond acceptors (Lipinski definition) is 4. The summed E-state index contributed by atoms with van der Waals surface area (Å²) in [4.78, 5) is -0.164. The maximum absolute atomic E-state index is 10.8. The van der Waals surface area contributed by atoms with Gasteiger partial charge in [0.2, 0.25) is 0 Å². The van der Waals surface area contributed by atoms with E-state index in [0.717, 1.165) is 0 Å². The quantitative estimate of drug-likeness (QED) is 0.686. The van der Waals surface area contributed by atoms with E-state index in [1.165, 1.54) is 30.7 Å². The Balaban J connectivity index is 2.52. The van der Waals surface area contributed by atoms with Crippen molar-refractivity contribution in [2.75, 3.05) is 5.32 Å². The molecular weight excluding hydrogens is 206 g/mol. The zero-order valence-electron chi connectivity index (χ0n) is 6.97. The number of nitrogens with one attached hydrogen (secondary N) is 1. The third-order valence-electron chi connectivity index (χ3n) is 1.75. The molecule has 6 heteroatoms. The summed E-state index contributed by atoms with van der Waals surface area (Å²) in [6.45, 7) is 0. The predicted molar refractivity (Wildman–Crippen MR) is 49.6 cm³/mol. The van der Waals surface area contributed by atoms with Gasteiger partial charge in [-0.2, -0.15) is 8.42 Å². The van der Waals surface area contributed by atoms with Gasteiger partial charge in [-0.25, -0.2) is 0 Å². The molecule has 0 fully saturated rings. The minimum atomic E-state index is -4.16. The first kappa shape index (κ1) is 9.04. The first-order valence-electron chi connectivity index (χ1n) is 3.77. The lowest BCUT2D eigenvalue weighted by molar-refractivity contribution is 0.474. The molecule has 0 aromatic heterocycles. The summed E-state index contributed by atoms with van der Waals surface area (Å²) in [5.41, 5.74) is 0.502. The molecule has 0 radical (unpaired) electrons. The van der Waals surface area contributed by atoms with Crippen molar-refractivity contribution < 1.29 is 17.7 Å². The predicted octanol–water partition coefficient (Wildman–Crippen LogP) is 1.21. The first-order valence-corrected chi connectivity index (χ1v) is 5.21. The largest absolute Gasteiger partial charge is 0.461 e. The van der Waals surface area contributed by atoms with Crippen molar-refractivity contribution in [1.82, 2.24) is 0 Å². The average Bonchev–Trinajstić information content (AvgIpc) is 2.16. The molecule has 1 aliphatic heterocycles. The summed E-state index contributed by atoms with van der Waals surface area (Å²) in [5.74, 6) is 0.514. The summed E-state index contributed by atoms with van der Waals surface area (Å²) in [7, 11) is -4.16. The van der Waals surface area contributed by atoms with Crippen LogP contribution in [0.3, 0.4) is 0 Å². The van der Waals surface area contributed by atoms with E-state index in [-0.39, 0.29) is 4.90 Å². The van der Waals surface area contributed by atoms with E-state index in [1.807, 2.05) is 0 Å². The van der Waals surface area contributed by atoms with E-state index in [2.05, 4.69) is 5.32 Å². The molecule has 0 aliphatic carbocycles. The van der Waals surface area contributed by atoms with Crippen molar-refractivity contribution in [3.05, 3.63) is 30.7 Å². The molecule has 74 valence electrons. The lowest BCUT2D eigenvalue weighted by Gasteiger charge is -2.13. The SMILES string of the molecule is O=S(=O)(O)c1ccc2c(c1)NC=CO2. The molecule has 1 heterocycles. The molecule has 0 amide bonds. The fraction of sp³-hybridized carbons (Fsp3) is 0. The van der Waals surface area contributed by atoms with Crippen LogP contribution in [0.15, 0.2) is 35.6 Å². The van der Waals surface area contributed by atoms with Gasteiger partial charge in [0.15, 0.2) is 0 Å². The number of hydrogen-bond donors (Lipinski definition) is 2. The van der Waals surface area contributed by atoms with Crippen molar-refractivity contribution >= 4 is 15.8 Å². The lowest BCUT2D eigenvalue weighted by atomic mass is 10.3. The third-order valence-corrected chi connectivity index (χ3v) is 2.60. The van der Waals surface area contributed by atoms with Crippen LogP contribution in [-0.2, 0) is 10.1 Å². The van der Waals surface area contributed by atoms with Gasteiger partial charge in [0.25, 0.3) is 10.1 Å². The molecule has 2 N–H and O–H groups in total. The summed E-state index contributed by atoms with van der Waals surface area (Å²) >= 11 is 0. The fourth-order valence-electron chi connectivity index (χ4n) is 1.12. The van der Waals surface area contributed by atoms with Crippen molar-refractivity contribution in [2.24, 2.45) is 0 Å². The first-order chi connectivity index (χ1) is 6.57. The maximum Gasteiger partial charge on any atom is 0.294 e. The zero-order valence-corrected chi connectivity index (χ0v) is 7.78. The van der Waals surface area contributed by atoms with Gasteiger partial charge in [-0.05, 0) is 18.2 Å². The fourth-order valence-corrected chi connectivity index (χ4v) is 1.62. The Hall–Kier alpha value is -1.53. The Labute approximate surface area is 80.8 Å². The second-order valence-corrected chi connectivity index (χ2v) is 4.12. The summed E-state index contributed by atoms with van der Waals surface area (Å²) < 4.78 is 35.4. The Kier molecular flexibility index (Phi) is 1.94. The molecule has 2 rings (SSSR count). The molecule has 0 spiro atoms. The molecule has 14 heavy (non-hydrogen) atoms. The second-order valence-electron chi connectivity index (χ2n) is 2.70. The van der Waals surface area contributed by atoms with Gasteiger partial charge in [0.1, 0.15) is 12.0 Å². The summed E-state index contributed by atoms with van der Waals surface area (Å²) in [6, 6.07) is 4.04. The van der Waals surface area contributed by atoms with Crippen LogP contribution < -0.4 is 10.1 Å². The Bertz CT molecular complexity index is 492. The monoisotopic (exact) mass is 213 g/mol. The molecule has 1 aliphatic rings. The van der Waals surface area contributed by atoms with Gasteiger partial charge < -0.3 is 10.1 Å². The van der Waals surface area contributed by atoms with Gasteiger partial charge in [-0.15, -0.1) is 0 Å². The molecule has 0 saturated carbocycles. The topological polar surface area (TPSA) is 75.6 Å². The smallest absolute Gasteiger partial charge is 0.294 e. The van der Waals surface area contributed by atoms with E-state index in [0.29, 0.717) is 11.4 Å². The lowest BCUT2D eigenvalue weighted by Crippen LogP contribution is -2.03. The standard InChI is InChI=1S/C8H7NO4S/c10-14(11,12)6-1-2-8-7(5-6)9-3-4-13-8/h1-5,9H,(H,10,11,12). The molecule has 1 aromatic carbocycles.